The summed E-state index contributed by atoms with van der Waals surface area (Å²) in [5.41, 5.74) is 5.22. The molecule has 9 heteroatoms. The highest BCUT2D eigenvalue weighted by Gasteiger charge is 2.06. The maximum absolute atomic E-state index is 10.3. The minimum atomic E-state index is -0.500. The Labute approximate surface area is 138 Å². The number of aliphatic hydroxyl groups is 2. The van der Waals surface area contributed by atoms with Crippen molar-refractivity contribution in [1.29, 1.82) is 0 Å². The fourth-order valence-electron chi connectivity index (χ4n) is 1.02. The average molecular weight is 340 g/mol. The van der Waals surface area contributed by atoms with Gasteiger partial charge < -0.3 is 30.2 Å². The van der Waals surface area contributed by atoms with Crippen molar-refractivity contribution in [1.82, 2.24) is 5.32 Å². The summed E-state index contributed by atoms with van der Waals surface area (Å²) in [6, 6.07) is 0. The lowest BCUT2D eigenvalue weighted by Gasteiger charge is -2.10. The lowest BCUT2D eigenvalue weighted by molar-refractivity contribution is -0.155. The van der Waals surface area contributed by atoms with Crippen molar-refractivity contribution < 1.29 is 34.0 Å². The fourth-order valence-corrected chi connectivity index (χ4v) is 1.02. The van der Waals surface area contributed by atoms with Crippen LogP contribution in [0.3, 0.4) is 0 Å². The first-order valence-electron chi connectivity index (χ1n) is 7.16. The van der Waals surface area contributed by atoms with E-state index in [0.717, 1.165) is 0 Å². The van der Waals surface area contributed by atoms with Gasteiger partial charge in [-0.25, -0.2) is 0 Å². The van der Waals surface area contributed by atoms with Crippen molar-refractivity contribution in [3.05, 3.63) is 0 Å². The zero-order valence-electron chi connectivity index (χ0n) is 14.9. The first kappa shape index (κ1) is 26.6. The molecule has 0 aromatic carbocycles. The number of hydrogen-bond donors (Lipinski definition) is 4. The highest BCUT2D eigenvalue weighted by Crippen LogP contribution is 1.92. The van der Waals surface area contributed by atoms with E-state index in [1.807, 2.05) is 0 Å². The second kappa shape index (κ2) is 18.8. The van der Waals surface area contributed by atoms with Gasteiger partial charge in [-0.15, -0.1) is 0 Å². The largest absolute Gasteiger partial charge is 0.462 e. The van der Waals surface area contributed by atoms with Crippen molar-refractivity contribution in [3.8, 4) is 0 Å². The van der Waals surface area contributed by atoms with E-state index in [2.05, 4.69) is 19.5 Å². The predicted octanol–water partition coefficient (Wildman–Crippen LogP) is -0.655. The summed E-state index contributed by atoms with van der Waals surface area (Å²) in [7, 11) is 1.55. The van der Waals surface area contributed by atoms with Crippen LogP contribution < -0.4 is 11.1 Å². The maximum atomic E-state index is 10.3. The Balaban J connectivity index is -0.000000286. The molecule has 0 rings (SSSR count). The van der Waals surface area contributed by atoms with E-state index in [9.17, 15) is 9.59 Å². The zero-order chi connectivity index (χ0) is 18.8. The number of carbonyl (C=O) groups excluding carboxylic acids is 2. The Bertz CT molecular complexity index is 278. The lowest BCUT2D eigenvalue weighted by Crippen LogP contribution is -2.40. The predicted molar refractivity (Wildman–Crippen MR) is 85.3 cm³/mol. The number of nitrogens with two attached hydrogens (primary N) is 1. The quantitative estimate of drug-likeness (QED) is 0.351. The Morgan fingerprint density at radius 3 is 1.87 bits per heavy atom. The molecular weight excluding hydrogens is 308 g/mol. The van der Waals surface area contributed by atoms with Crippen LogP contribution in [-0.4, -0.2) is 67.6 Å². The molecule has 0 radical (unpaired) electrons. The molecule has 0 bridgehead atoms. The van der Waals surface area contributed by atoms with Crippen LogP contribution in [-0.2, 0) is 23.8 Å². The minimum Gasteiger partial charge on any atom is -0.462 e. The third kappa shape index (κ3) is 38.6. The summed E-state index contributed by atoms with van der Waals surface area (Å²) in [5.74, 6) is -0.742. The van der Waals surface area contributed by atoms with Gasteiger partial charge in [0.1, 0.15) is 18.9 Å². The normalized spacial score (nSPS) is 13.3. The molecule has 0 saturated carbocycles. The van der Waals surface area contributed by atoms with E-state index in [-0.39, 0.29) is 37.4 Å². The van der Waals surface area contributed by atoms with Crippen molar-refractivity contribution >= 4 is 11.9 Å². The molecule has 9 nitrogen and oxygen atoms in total. The molecule has 0 aliphatic heterocycles. The summed E-state index contributed by atoms with van der Waals surface area (Å²) >= 11 is 0. The molecule has 0 fully saturated rings. The highest BCUT2D eigenvalue weighted by molar-refractivity contribution is 5.67. The number of hydrogen-bond acceptors (Lipinski definition) is 9. The van der Waals surface area contributed by atoms with Crippen LogP contribution in [0, 0.1) is 0 Å². The molecule has 0 saturated heterocycles. The second-order valence-corrected chi connectivity index (χ2v) is 4.57. The Morgan fingerprint density at radius 1 is 1.17 bits per heavy atom. The van der Waals surface area contributed by atoms with Gasteiger partial charge in [-0.2, -0.15) is 0 Å². The van der Waals surface area contributed by atoms with Crippen LogP contribution in [0.15, 0.2) is 0 Å². The van der Waals surface area contributed by atoms with Gasteiger partial charge in [0.05, 0.1) is 19.4 Å². The smallest absolute Gasteiger partial charge is 0.303 e. The summed E-state index contributed by atoms with van der Waals surface area (Å²) in [6.07, 6.45) is -0.989. The fraction of sp³-hybridized carbons (Fsp3) is 0.857. The standard InChI is InChI=1S/C7H12O4.C4H12N2O.C3H8O2/c1-5(11-7(3)9)4-10-6(2)8;1-3(5)6-4(2)7;1-5-3-2-4/h5H,4H2,1-3H3;3-4,6-7H,5H2,1-2H3;4H,2-3H2,1H3. The number of carbonyl (C=O) groups is 2. The summed E-state index contributed by atoms with van der Waals surface area (Å²) in [5, 5.41) is 19.1. The molecule has 5 N–H and O–H groups in total. The Morgan fingerprint density at radius 2 is 1.70 bits per heavy atom. The van der Waals surface area contributed by atoms with Crippen LogP contribution in [0.2, 0.25) is 0 Å². The molecule has 0 aliphatic rings. The number of aliphatic hydroxyl groups excluding tert-OH is 2. The van der Waals surface area contributed by atoms with E-state index in [0.29, 0.717) is 6.61 Å². The minimum absolute atomic E-state index is 0.120. The number of esters is 2. The molecule has 3 atom stereocenters. The topological polar surface area (TPSA) is 140 Å². The Kier molecular flexibility index (Phi) is 21.8. The van der Waals surface area contributed by atoms with Gasteiger partial charge >= 0.3 is 11.9 Å². The molecule has 0 aliphatic carbocycles. The third-order valence-corrected chi connectivity index (χ3v) is 1.69. The number of nitrogens with one attached hydrogen (secondary N) is 1. The molecule has 23 heavy (non-hydrogen) atoms. The molecule has 0 spiro atoms. The number of methoxy groups -OCH3 is 1. The van der Waals surface area contributed by atoms with Crippen LogP contribution in [0.5, 0.6) is 0 Å². The van der Waals surface area contributed by atoms with Crippen LogP contribution >= 0.6 is 0 Å². The van der Waals surface area contributed by atoms with Gasteiger partial charge in [0.15, 0.2) is 0 Å². The molecular formula is C14H32N2O7. The number of ether oxygens (including phenoxy) is 3. The van der Waals surface area contributed by atoms with Crippen molar-refractivity contribution in [2.45, 2.75) is 53.1 Å². The highest BCUT2D eigenvalue weighted by atomic mass is 16.6. The summed E-state index contributed by atoms with van der Waals surface area (Å²) in [4.78, 5) is 20.6. The van der Waals surface area contributed by atoms with Gasteiger partial charge in [0.2, 0.25) is 0 Å². The van der Waals surface area contributed by atoms with E-state index in [1.54, 1.807) is 27.9 Å². The first-order chi connectivity index (χ1) is 10.6. The van der Waals surface area contributed by atoms with Gasteiger partial charge in [-0.05, 0) is 20.8 Å². The molecule has 0 aromatic heterocycles. The zero-order valence-corrected chi connectivity index (χ0v) is 14.9. The monoisotopic (exact) mass is 340 g/mol. The number of rotatable bonds is 7. The van der Waals surface area contributed by atoms with Crippen molar-refractivity contribution in [3.63, 3.8) is 0 Å². The molecule has 3 unspecified atom stereocenters. The molecule has 0 aromatic rings. The van der Waals surface area contributed by atoms with E-state index < -0.39 is 6.23 Å². The second-order valence-electron chi connectivity index (χ2n) is 4.57. The molecule has 0 heterocycles. The Hall–Kier alpha value is -1.26. The summed E-state index contributed by atoms with van der Waals surface area (Å²) < 4.78 is 13.7. The van der Waals surface area contributed by atoms with Crippen LogP contribution in [0.4, 0.5) is 0 Å². The lowest BCUT2D eigenvalue weighted by atomic mass is 10.4. The van der Waals surface area contributed by atoms with Crippen LogP contribution in [0.25, 0.3) is 0 Å². The van der Waals surface area contributed by atoms with Gasteiger partial charge in [-0.1, -0.05) is 0 Å². The molecule has 0 amide bonds. The first-order valence-corrected chi connectivity index (χ1v) is 7.16. The van der Waals surface area contributed by atoms with E-state index >= 15 is 0 Å². The maximum Gasteiger partial charge on any atom is 0.303 e. The average Bonchev–Trinajstić information content (AvgIpc) is 2.36. The van der Waals surface area contributed by atoms with Crippen LogP contribution in [0.1, 0.15) is 34.6 Å². The van der Waals surface area contributed by atoms with Gasteiger partial charge in [0, 0.05) is 21.0 Å². The third-order valence-electron chi connectivity index (χ3n) is 1.69. The molecule has 140 valence electrons. The SMILES string of the molecule is CC(=O)OCC(C)OC(C)=O.CC(N)NC(C)O.COCCO. The van der Waals surface area contributed by atoms with Crippen molar-refractivity contribution in [2.24, 2.45) is 5.73 Å². The van der Waals surface area contributed by atoms with Gasteiger partial charge in [0.25, 0.3) is 0 Å². The summed E-state index contributed by atoms with van der Waals surface area (Å²) in [6.45, 7) is 8.36. The van der Waals surface area contributed by atoms with Crippen molar-refractivity contribution in [2.75, 3.05) is 26.9 Å². The van der Waals surface area contributed by atoms with E-state index in [1.165, 1.54) is 13.8 Å². The van der Waals surface area contributed by atoms with Gasteiger partial charge in [-0.3, -0.25) is 14.9 Å². The van der Waals surface area contributed by atoms with E-state index in [4.69, 9.17) is 15.9 Å².